The van der Waals surface area contributed by atoms with Crippen LogP contribution in [0.1, 0.15) is 36.6 Å². The van der Waals surface area contributed by atoms with E-state index < -0.39 is 0 Å². The van der Waals surface area contributed by atoms with E-state index in [2.05, 4.69) is 51.8 Å². The molecule has 27 heavy (non-hydrogen) atoms. The Kier molecular flexibility index (Phi) is 5.86. The Hall–Kier alpha value is -3.15. The lowest BCUT2D eigenvalue weighted by molar-refractivity contribution is 0.252. The molecular weight excluding hydrogens is 340 g/mol. The molecule has 0 atom stereocenters. The number of fused-ring (bicyclic) bond motifs is 1. The van der Waals surface area contributed by atoms with Gasteiger partial charge in [0.25, 0.3) is 5.56 Å². The number of aryl methyl sites for hydroxylation is 1. The molecule has 0 unspecified atom stereocenters. The first-order chi connectivity index (χ1) is 13.1. The molecule has 0 aliphatic heterocycles. The first-order valence-corrected chi connectivity index (χ1v) is 9.19. The number of H-pyrrole nitrogens is 1. The number of amides is 2. The Morgan fingerprint density at radius 3 is 2.67 bits per heavy atom. The summed E-state index contributed by atoms with van der Waals surface area (Å²) in [4.78, 5) is 31.3. The molecular formula is C21H24N4O2. The number of nitrogens with zero attached hydrogens (tertiary/aromatic N) is 1. The predicted octanol–water partition coefficient (Wildman–Crippen LogP) is 3.74. The fourth-order valence-corrected chi connectivity index (χ4v) is 2.96. The van der Waals surface area contributed by atoms with Gasteiger partial charge in [-0.2, -0.15) is 0 Å². The lowest BCUT2D eigenvalue weighted by atomic mass is 10.0. The van der Waals surface area contributed by atoms with E-state index in [9.17, 15) is 9.59 Å². The van der Waals surface area contributed by atoms with Gasteiger partial charge >= 0.3 is 6.03 Å². The van der Waals surface area contributed by atoms with Gasteiger partial charge in [0, 0.05) is 18.5 Å². The molecule has 1 heterocycles. The fourth-order valence-electron chi connectivity index (χ4n) is 2.96. The Morgan fingerprint density at radius 1 is 1.15 bits per heavy atom. The van der Waals surface area contributed by atoms with Crippen molar-refractivity contribution in [1.82, 2.24) is 15.3 Å². The van der Waals surface area contributed by atoms with E-state index in [1.54, 1.807) is 6.92 Å². The first kappa shape index (κ1) is 18.6. The summed E-state index contributed by atoms with van der Waals surface area (Å²) >= 11 is 0. The van der Waals surface area contributed by atoms with Gasteiger partial charge in [-0.1, -0.05) is 55.8 Å². The summed E-state index contributed by atoms with van der Waals surface area (Å²) in [6.45, 7) is 4.42. The second-order valence-corrected chi connectivity index (χ2v) is 6.57. The maximum Gasteiger partial charge on any atom is 0.321 e. The van der Waals surface area contributed by atoms with Gasteiger partial charge in [0.15, 0.2) is 0 Å². The van der Waals surface area contributed by atoms with Crippen LogP contribution in [-0.4, -0.2) is 22.5 Å². The number of aromatic nitrogens is 2. The molecule has 140 valence electrons. The lowest BCUT2D eigenvalue weighted by Crippen LogP contribution is -2.31. The van der Waals surface area contributed by atoms with Crippen molar-refractivity contribution in [2.45, 2.75) is 33.1 Å². The van der Waals surface area contributed by atoms with Gasteiger partial charge in [-0.25, -0.2) is 9.78 Å². The molecule has 6 heteroatoms. The van der Waals surface area contributed by atoms with Crippen molar-refractivity contribution in [3.63, 3.8) is 0 Å². The average Bonchev–Trinajstić information content (AvgIpc) is 2.65. The number of hydrogen-bond donors (Lipinski definition) is 3. The molecule has 0 fully saturated rings. The van der Waals surface area contributed by atoms with E-state index in [0.29, 0.717) is 24.2 Å². The van der Waals surface area contributed by atoms with Gasteiger partial charge in [0.2, 0.25) is 5.95 Å². The van der Waals surface area contributed by atoms with Gasteiger partial charge in [0.05, 0.1) is 5.69 Å². The van der Waals surface area contributed by atoms with E-state index in [0.717, 1.165) is 23.8 Å². The summed E-state index contributed by atoms with van der Waals surface area (Å²) in [6, 6.07) is 13.9. The molecule has 2 aromatic carbocycles. The summed E-state index contributed by atoms with van der Waals surface area (Å²) in [6.07, 6.45) is 2.39. The van der Waals surface area contributed by atoms with Crippen molar-refractivity contribution in [2.75, 3.05) is 11.9 Å². The Balaban J connectivity index is 1.76. The quantitative estimate of drug-likeness (QED) is 0.582. The zero-order chi connectivity index (χ0) is 19.2. The molecule has 0 saturated heterocycles. The zero-order valence-corrected chi connectivity index (χ0v) is 15.6. The number of aromatic amines is 1. The van der Waals surface area contributed by atoms with E-state index in [1.165, 1.54) is 5.39 Å². The Bertz CT molecular complexity index is 1010. The van der Waals surface area contributed by atoms with Crippen LogP contribution >= 0.6 is 0 Å². The highest BCUT2D eigenvalue weighted by molar-refractivity contribution is 5.87. The first-order valence-electron chi connectivity index (χ1n) is 9.19. The molecule has 0 aliphatic carbocycles. The number of hydrogen-bond acceptors (Lipinski definition) is 3. The minimum Gasteiger partial charge on any atom is -0.338 e. The fraction of sp³-hybridized carbons (Fsp3) is 0.286. The number of anilines is 1. The third-order valence-electron chi connectivity index (χ3n) is 4.46. The molecule has 1 aromatic heterocycles. The van der Waals surface area contributed by atoms with Gasteiger partial charge in [-0.15, -0.1) is 0 Å². The summed E-state index contributed by atoms with van der Waals surface area (Å²) in [5.41, 5.74) is 2.01. The molecule has 6 nitrogen and oxygen atoms in total. The highest BCUT2D eigenvalue weighted by Crippen LogP contribution is 2.18. The van der Waals surface area contributed by atoms with E-state index in [-0.39, 0.29) is 17.5 Å². The minimum absolute atomic E-state index is 0.161. The highest BCUT2D eigenvalue weighted by Gasteiger charge is 2.11. The van der Waals surface area contributed by atoms with Crippen LogP contribution in [0.15, 0.2) is 47.3 Å². The Labute approximate surface area is 158 Å². The van der Waals surface area contributed by atoms with Crippen molar-refractivity contribution < 1.29 is 4.79 Å². The number of urea groups is 1. The predicted molar refractivity (Wildman–Crippen MR) is 108 cm³/mol. The van der Waals surface area contributed by atoms with Crippen LogP contribution in [0.4, 0.5) is 10.7 Å². The summed E-state index contributed by atoms with van der Waals surface area (Å²) in [5.74, 6) is 0.161. The zero-order valence-electron chi connectivity index (χ0n) is 15.6. The average molecular weight is 364 g/mol. The lowest BCUT2D eigenvalue weighted by Gasteiger charge is -2.10. The monoisotopic (exact) mass is 364 g/mol. The maximum absolute atomic E-state index is 12.5. The van der Waals surface area contributed by atoms with E-state index >= 15 is 0 Å². The van der Waals surface area contributed by atoms with Crippen molar-refractivity contribution in [1.29, 1.82) is 0 Å². The minimum atomic E-state index is -0.367. The van der Waals surface area contributed by atoms with Crippen LogP contribution < -0.4 is 16.2 Å². The number of carbonyl (C=O) groups excluding carboxylic acids is 1. The maximum atomic E-state index is 12.5. The van der Waals surface area contributed by atoms with Crippen molar-refractivity contribution in [3.8, 4) is 0 Å². The largest absolute Gasteiger partial charge is 0.338 e. The third-order valence-corrected chi connectivity index (χ3v) is 4.46. The van der Waals surface area contributed by atoms with Crippen LogP contribution in [0.2, 0.25) is 0 Å². The molecule has 0 aliphatic rings. The van der Waals surface area contributed by atoms with Crippen molar-refractivity contribution >= 4 is 22.8 Å². The molecule has 3 aromatic rings. The second-order valence-electron chi connectivity index (χ2n) is 6.57. The number of nitrogens with one attached hydrogen (secondary N) is 3. The number of carbonyl (C=O) groups is 1. The molecule has 0 bridgehead atoms. The van der Waals surface area contributed by atoms with Crippen molar-refractivity contribution in [2.24, 2.45) is 0 Å². The molecule has 0 saturated carbocycles. The van der Waals surface area contributed by atoms with Gasteiger partial charge in [0.1, 0.15) is 0 Å². The van der Waals surface area contributed by atoms with Crippen LogP contribution in [0.25, 0.3) is 10.8 Å². The summed E-state index contributed by atoms with van der Waals surface area (Å²) in [5, 5.41) is 7.61. The molecule has 0 radical (unpaired) electrons. The normalized spacial score (nSPS) is 10.7. The van der Waals surface area contributed by atoms with Gasteiger partial charge < -0.3 is 5.32 Å². The Morgan fingerprint density at radius 2 is 1.93 bits per heavy atom. The molecule has 0 spiro atoms. The third kappa shape index (κ3) is 4.73. The molecule has 2 amide bonds. The second kappa shape index (κ2) is 8.49. The summed E-state index contributed by atoms with van der Waals surface area (Å²) < 4.78 is 0. The summed E-state index contributed by atoms with van der Waals surface area (Å²) in [7, 11) is 0. The van der Waals surface area contributed by atoms with Gasteiger partial charge in [-0.05, 0) is 29.7 Å². The highest BCUT2D eigenvalue weighted by atomic mass is 16.2. The van der Waals surface area contributed by atoms with E-state index in [1.807, 2.05) is 18.2 Å². The smallest absolute Gasteiger partial charge is 0.321 e. The molecule has 3 N–H and O–H groups in total. The van der Waals surface area contributed by atoms with Crippen molar-refractivity contribution in [3.05, 3.63) is 69.6 Å². The topological polar surface area (TPSA) is 86.9 Å². The van der Waals surface area contributed by atoms with Crippen LogP contribution in [0.3, 0.4) is 0 Å². The number of unbranched alkanes of at least 4 members (excludes halogenated alkanes) is 1. The van der Waals surface area contributed by atoms with E-state index in [4.69, 9.17) is 0 Å². The number of benzene rings is 2. The standard InChI is InChI=1S/C21H24N4O2/c1-3-4-11-22-21(27)25-20-23-14(2)18(19(26)24-20)13-15-9-10-16-7-5-6-8-17(16)12-15/h5-10,12H,3-4,11,13H2,1-2H3,(H3,22,23,24,25,26,27). The van der Waals surface area contributed by atoms with Gasteiger partial charge in [-0.3, -0.25) is 15.1 Å². The van der Waals surface area contributed by atoms with Crippen LogP contribution in [0.5, 0.6) is 0 Å². The number of rotatable bonds is 6. The SMILES string of the molecule is CCCCNC(=O)Nc1nc(C)c(Cc2ccc3ccccc3c2)c(=O)[nH]1. The van der Waals surface area contributed by atoms with Crippen LogP contribution in [0, 0.1) is 6.92 Å². The van der Waals surface area contributed by atoms with Crippen LogP contribution in [-0.2, 0) is 6.42 Å². The molecule has 3 rings (SSSR count).